The average molecular weight is 273 g/mol. The Labute approximate surface area is 119 Å². The summed E-state index contributed by atoms with van der Waals surface area (Å²) in [5.41, 5.74) is 1.02. The highest BCUT2D eigenvalue weighted by atomic mass is 19.1. The highest BCUT2D eigenvalue weighted by molar-refractivity contribution is 5.48. The summed E-state index contributed by atoms with van der Waals surface area (Å²) >= 11 is 0. The van der Waals surface area contributed by atoms with Crippen LogP contribution in [-0.2, 0) is 5.54 Å². The molecule has 1 unspecified atom stereocenters. The van der Waals surface area contributed by atoms with E-state index in [1.165, 1.54) is 12.1 Å². The molecule has 0 saturated heterocycles. The Bertz CT molecular complexity index is 556. The van der Waals surface area contributed by atoms with Gasteiger partial charge in [0.2, 0.25) is 0 Å². The van der Waals surface area contributed by atoms with Crippen LogP contribution in [0, 0.1) is 11.7 Å². The molecule has 0 aromatic heterocycles. The molecule has 0 amide bonds. The molecule has 2 N–H and O–H groups in total. The van der Waals surface area contributed by atoms with Gasteiger partial charge in [-0.15, -0.1) is 0 Å². The topological polar surface area (TPSA) is 32.3 Å². The van der Waals surface area contributed by atoms with Crippen molar-refractivity contribution in [3.8, 4) is 0 Å². The summed E-state index contributed by atoms with van der Waals surface area (Å²) in [5, 5.41) is 13.3. The van der Waals surface area contributed by atoms with Gasteiger partial charge in [0.05, 0.1) is 12.1 Å². The fraction of sp³-hybridized carbons (Fsp3) is 0.294. The first-order valence-electron chi connectivity index (χ1n) is 6.78. The molecule has 2 aromatic carbocycles. The molecule has 106 valence electrons. The monoisotopic (exact) mass is 273 g/mol. The maximum Gasteiger partial charge on any atom is 0.125 e. The van der Waals surface area contributed by atoms with Crippen LogP contribution in [0.25, 0.3) is 0 Å². The summed E-state index contributed by atoms with van der Waals surface area (Å²) in [6, 6.07) is 16.1. The maximum absolute atomic E-state index is 13.3. The molecule has 0 spiro atoms. The third-order valence-electron chi connectivity index (χ3n) is 3.72. The number of hydrogen-bond donors (Lipinski definition) is 2. The average Bonchev–Trinajstić information content (AvgIpc) is 2.45. The summed E-state index contributed by atoms with van der Waals surface area (Å²) in [6.45, 7) is 4.01. The van der Waals surface area contributed by atoms with E-state index in [-0.39, 0.29) is 18.3 Å². The second kappa shape index (κ2) is 6.06. The van der Waals surface area contributed by atoms with E-state index in [1.54, 1.807) is 12.1 Å². The Morgan fingerprint density at radius 3 is 2.35 bits per heavy atom. The molecule has 0 aliphatic carbocycles. The Hall–Kier alpha value is -1.87. The van der Waals surface area contributed by atoms with Crippen LogP contribution in [0.15, 0.2) is 54.6 Å². The molecule has 0 bridgehead atoms. The number of hydrogen-bond acceptors (Lipinski definition) is 2. The molecule has 0 aliphatic heterocycles. The quantitative estimate of drug-likeness (QED) is 0.869. The first kappa shape index (κ1) is 14.5. The van der Waals surface area contributed by atoms with Gasteiger partial charge < -0.3 is 10.4 Å². The van der Waals surface area contributed by atoms with E-state index >= 15 is 0 Å². The highest BCUT2D eigenvalue weighted by Gasteiger charge is 2.35. The van der Waals surface area contributed by atoms with Crippen molar-refractivity contribution in [2.75, 3.05) is 11.9 Å². The Morgan fingerprint density at radius 1 is 1.10 bits per heavy atom. The van der Waals surface area contributed by atoms with E-state index in [9.17, 15) is 9.50 Å². The van der Waals surface area contributed by atoms with Gasteiger partial charge in [0, 0.05) is 5.69 Å². The van der Waals surface area contributed by atoms with Crippen LogP contribution in [0.4, 0.5) is 10.1 Å². The lowest BCUT2D eigenvalue weighted by Gasteiger charge is -2.38. The van der Waals surface area contributed by atoms with Gasteiger partial charge in [-0.25, -0.2) is 4.39 Å². The fourth-order valence-electron chi connectivity index (χ4n) is 2.42. The summed E-state index contributed by atoms with van der Waals surface area (Å²) in [5.74, 6) is -0.156. The van der Waals surface area contributed by atoms with Gasteiger partial charge in [-0.2, -0.15) is 0 Å². The first-order valence-corrected chi connectivity index (χ1v) is 6.78. The van der Waals surface area contributed by atoms with Crippen molar-refractivity contribution >= 4 is 5.69 Å². The lowest BCUT2D eigenvalue weighted by molar-refractivity contribution is 0.172. The molecule has 0 saturated carbocycles. The largest absolute Gasteiger partial charge is 0.394 e. The molecular weight excluding hydrogens is 253 g/mol. The van der Waals surface area contributed by atoms with E-state index in [4.69, 9.17) is 0 Å². The van der Waals surface area contributed by atoms with Gasteiger partial charge in [-0.1, -0.05) is 50.2 Å². The zero-order chi connectivity index (χ0) is 14.6. The minimum atomic E-state index is -0.630. The number of benzene rings is 2. The van der Waals surface area contributed by atoms with Crippen LogP contribution in [0.1, 0.15) is 19.4 Å². The third kappa shape index (κ3) is 2.83. The third-order valence-corrected chi connectivity index (χ3v) is 3.72. The van der Waals surface area contributed by atoms with Crippen molar-refractivity contribution in [3.05, 3.63) is 66.0 Å². The molecule has 0 fully saturated rings. The van der Waals surface area contributed by atoms with Crippen molar-refractivity contribution < 1.29 is 9.50 Å². The summed E-state index contributed by atoms with van der Waals surface area (Å²) in [4.78, 5) is 0. The lowest BCUT2D eigenvalue weighted by atomic mass is 9.80. The van der Waals surface area contributed by atoms with Gasteiger partial charge in [0.15, 0.2) is 0 Å². The summed E-state index contributed by atoms with van der Waals surface area (Å²) < 4.78 is 13.3. The van der Waals surface area contributed by atoms with E-state index < -0.39 is 5.54 Å². The highest BCUT2D eigenvalue weighted by Crippen LogP contribution is 2.33. The molecule has 2 rings (SSSR count). The number of rotatable bonds is 5. The normalized spacial score (nSPS) is 14.1. The molecule has 2 aromatic rings. The Morgan fingerprint density at radius 2 is 1.80 bits per heavy atom. The summed E-state index contributed by atoms with van der Waals surface area (Å²) in [6.07, 6.45) is 0. The molecule has 0 radical (unpaired) electrons. The van der Waals surface area contributed by atoms with Crippen LogP contribution < -0.4 is 5.32 Å². The molecule has 0 heterocycles. The molecule has 3 heteroatoms. The van der Waals surface area contributed by atoms with Crippen LogP contribution >= 0.6 is 0 Å². The minimum absolute atomic E-state index is 0.0643. The van der Waals surface area contributed by atoms with E-state index in [2.05, 4.69) is 5.32 Å². The van der Waals surface area contributed by atoms with Crippen molar-refractivity contribution in [3.63, 3.8) is 0 Å². The Kier molecular flexibility index (Phi) is 4.40. The second-order valence-electron chi connectivity index (χ2n) is 5.29. The number of aliphatic hydroxyl groups excluding tert-OH is 1. The minimum Gasteiger partial charge on any atom is -0.394 e. The van der Waals surface area contributed by atoms with E-state index in [0.29, 0.717) is 5.69 Å². The molecule has 2 nitrogen and oxygen atoms in total. The molecule has 1 atom stereocenters. The number of nitrogens with one attached hydrogen (secondary N) is 1. The van der Waals surface area contributed by atoms with Crippen LogP contribution in [0.5, 0.6) is 0 Å². The molecule has 20 heavy (non-hydrogen) atoms. The summed E-state index contributed by atoms with van der Waals surface area (Å²) in [7, 11) is 0. The van der Waals surface area contributed by atoms with Gasteiger partial charge in [0.25, 0.3) is 0 Å². The first-order chi connectivity index (χ1) is 9.58. The van der Waals surface area contributed by atoms with Crippen molar-refractivity contribution in [2.24, 2.45) is 5.92 Å². The van der Waals surface area contributed by atoms with Crippen LogP contribution in [0.3, 0.4) is 0 Å². The fourth-order valence-corrected chi connectivity index (χ4v) is 2.42. The van der Waals surface area contributed by atoms with Crippen molar-refractivity contribution in [1.29, 1.82) is 0 Å². The predicted octanol–water partition coefficient (Wildman–Crippen LogP) is 3.78. The van der Waals surface area contributed by atoms with Crippen molar-refractivity contribution in [1.82, 2.24) is 0 Å². The van der Waals surface area contributed by atoms with Gasteiger partial charge in [-0.05, 0) is 29.7 Å². The number of anilines is 1. The standard InChI is InChI=1S/C17H20FNO/c1-13(2)17(12-20,14-7-4-3-5-8-14)19-16-10-6-9-15(18)11-16/h3-11,13,19-20H,12H2,1-2H3. The van der Waals surface area contributed by atoms with Gasteiger partial charge >= 0.3 is 0 Å². The smallest absolute Gasteiger partial charge is 0.125 e. The van der Waals surface area contributed by atoms with E-state index in [1.807, 2.05) is 44.2 Å². The van der Waals surface area contributed by atoms with Gasteiger partial charge in [0.1, 0.15) is 5.82 Å². The lowest BCUT2D eigenvalue weighted by Crippen LogP contribution is -2.44. The zero-order valence-electron chi connectivity index (χ0n) is 11.8. The van der Waals surface area contributed by atoms with Crippen molar-refractivity contribution in [2.45, 2.75) is 19.4 Å². The Balaban J connectivity index is 2.43. The molecular formula is C17H20FNO. The van der Waals surface area contributed by atoms with Crippen LogP contribution in [-0.4, -0.2) is 11.7 Å². The predicted molar refractivity (Wildman–Crippen MR) is 80.1 cm³/mol. The SMILES string of the molecule is CC(C)C(CO)(Nc1cccc(F)c1)c1ccccc1. The number of aliphatic hydroxyl groups is 1. The number of halogens is 1. The van der Waals surface area contributed by atoms with Crippen LogP contribution in [0.2, 0.25) is 0 Å². The maximum atomic E-state index is 13.3. The molecule has 0 aliphatic rings. The zero-order valence-corrected chi connectivity index (χ0v) is 11.8. The second-order valence-corrected chi connectivity index (χ2v) is 5.29. The van der Waals surface area contributed by atoms with E-state index in [0.717, 1.165) is 5.56 Å². The van der Waals surface area contributed by atoms with Gasteiger partial charge in [-0.3, -0.25) is 0 Å².